The van der Waals surface area contributed by atoms with Gasteiger partial charge in [-0.1, -0.05) is 0 Å². The molecule has 0 aromatic carbocycles. The highest BCUT2D eigenvalue weighted by Crippen LogP contribution is 1.99. The number of hydrogen-bond donors (Lipinski definition) is 0. The Labute approximate surface area is 81.7 Å². The molecule has 0 aliphatic rings. The van der Waals surface area contributed by atoms with Crippen LogP contribution in [0.5, 0.6) is 0 Å². The third-order valence-electron chi connectivity index (χ3n) is 1.68. The van der Waals surface area contributed by atoms with Crippen molar-refractivity contribution >= 4 is 12.2 Å². The summed E-state index contributed by atoms with van der Waals surface area (Å²) in [5.41, 5.74) is 0. The fraction of sp³-hybridized carbons (Fsp3) is 0.750. The van der Waals surface area contributed by atoms with Gasteiger partial charge in [-0.05, 0) is 0 Å². The lowest BCUT2D eigenvalue weighted by atomic mass is 10.3. The van der Waals surface area contributed by atoms with Gasteiger partial charge in [0.05, 0.1) is 33.2 Å². The average Bonchev–Trinajstić information content (AvgIpc) is 1.95. The van der Waals surface area contributed by atoms with Crippen molar-refractivity contribution in [3.05, 3.63) is 0 Å². The maximum atomic E-state index is 11.6. The van der Waals surface area contributed by atoms with Crippen molar-refractivity contribution in [2.75, 3.05) is 33.8 Å². The smallest absolute Gasteiger partial charge is 0.495 e. The minimum Gasteiger partial charge on any atom is -0.544 e. The van der Waals surface area contributed by atoms with E-state index in [4.69, 9.17) is 0 Å². The van der Waals surface area contributed by atoms with E-state index in [-0.39, 0.29) is 17.6 Å². The molecule has 6 heteroatoms. The van der Waals surface area contributed by atoms with Gasteiger partial charge in [0.15, 0.2) is 0 Å². The molecule has 82 valence electrons. The summed E-state index contributed by atoms with van der Waals surface area (Å²) < 4.78 is 15.8. The number of aliphatic carboxylic acids is 1. The first-order valence-electron chi connectivity index (χ1n) is 4.17. The van der Waals surface area contributed by atoms with E-state index in [0.717, 1.165) is 0 Å². The molecule has 0 aliphatic carbocycles. The number of hydrogen-bond acceptors (Lipinski definition) is 4. The third-order valence-corrected chi connectivity index (χ3v) is 1.68. The fourth-order valence-corrected chi connectivity index (χ4v) is 1.07. The molecule has 0 rings (SSSR count). The number of carboxylic acids is 1. The molecule has 0 aromatic rings. The lowest BCUT2D eigenvalue weighted by Crippen LogP contribution is -2.49. The molecule has 0 bridgehead atoms. The van der Waals surface area contributed by atoms with Gasteiger partial charge in [-0.15, -0.1) is 4.39 Å². The Balaban J connectivity index is 3.65. The van der Waals surface area contributed by atoms with E-state index in [9.17, 15) is 19.1 Å². The number of ether oxygens (including phenoxy) is 1. The van der Waals surface area contributed by atoms with Crippen LogP contribution in [0.25, 0.3) is 0 Å². The zero-order chi connectivity index (χ0) is 11.2. The van der Waals surface area contributed by atoms with Crippen molar-refractivity contribution in [3.63, 3.8) is 0 Å². The summed E-state index contributed by atoms with van der Waals surface area (Å²) in [6.45, 7) is 0.314. The van der Waals surface area contributed by atoms with Crippen LogP contribution in [0.15, 0.2) is 0 Å². The molecule has 5 nitrogen and oxygen atoms in total. The molecule has 0 unspecified atom stereocenters. The number of halogens is 1. The maximum absolute atomic E-state index is 11.6. The number of rotatable bonds is 6. The van der Waals surface area contributed by atoms with Crippen molar-refractivity contribution in [2.24, 2.45) is 0 Å². The quantitative estimate of drug-likeness (QED) is 0.328. The third kappa shape index (κ3) is 7.48. The summed E-state index contributed by atoms with van der Waals surface area (Å²) in [5.74, 6) is -1.14. The Bertz CT molecular complexity index is 217. The number of likely N-dealkylation sites (N-methyl/N-ethyl adjacent to an activating group) is 1. The van der Waals surface area contributed by atoms with E-state index in [1.807, 2.05) is 0 Å². The minimum atomic E-state index is -1.81. The first-order chi connectivity index (χ1) is 6.33. The summed E-state index contributed by atoms with van der Waals surface area (Å²) in [5, 5.41) is 10.3. The Morgan fingerprint density at radius 2 is 2.00 bits per heavy atom. The zero-order valence-corrected chi connectivity index (χ0v) is 8.29. The van der Waals surface area contributed by atoms with Gasteiger partial charge in [-0.3, -0.25) is 0 Å². The molecule has 0 saturated heterocycles. The van der Waals surface area contributed by atoms with Crippen LogP contribution in [0, 0.1) is 0 Å². The van der Waals surface area contributed by atoms with Crippen LogP contribution in [0.3, 0.4) is 0 Å². The lowest BCUT2D eigenvalue weighted by molar-refractivity contribution is -0.885. The van der Waals surface area contributed by atoms with Crippen LogP contribution >= 0.6 is 0 Å². The fourth-order valence-electron chi connectivity index (χ4n) is 1.07. The van der Waals surface area contributed by atoms with Crippen molar-refractivity contribution in [1.82, 2.24) is 0 Å². The Morgan fingerprint density at radius 1 is 1.43 bits per heavy atom. The molecule has 0 radical (unpaired) electrons. The van der Waals surface area contributed by atoms with Gasteiger partial charge in [-0.2, -0.15) is 0 Å². The van der Waals surface area contributed by atoms with Gasteiger partial charge in [-0.25, -0.2) is 4.79 Å². The maximum Gasteiger partial charge on any atom is 0.495 e. The van der Waals surface area contributed by atoms with Crippen LogP contribution in [-0.2, 0) is 9.53 Å². The molecule has 0 amide bonds. The van der Waals surface area contributed by atoms with E-state index in [2.05, 4.69) is 4.74 Å². The Kier molecular flexibility index (Phi) is 5.07. The van der Waals surface area contributed by atoms with Gasteiger partial charge in [0.25, 0.3) is 0 Å². The van der Waals surface area contributed by atoms with Crippen LogP contribution in [-0.4, -0.2) is 50.5 Å². The molecule has 0 heterocycles. The molecule has 14 heavy (non-hydrogen) atoms. The molecular formula is C8H14FNO4. The summed E-state index contributed by atoms with van der Waals surface area (Å²) in [6, 6.07) is 0. The van der Waals surface area contributed by atoms with Crippen molar-refractivity contribution in [1.29, 1.82) is 0 Å². The molecule has 0 atom stereocenters. The van der Waals surface area contributed by atoms with E-state index < -0.39 is 12.2 Å². The van der Waals surface area contributed by atoms with Gasteiger partial charge in [0.2, 0.25) is 0 Å². The molecule has 0 N–H and O–H groups in total. The summed E-state index contributed by atoms with van der Waals surface area (Å²) in [6.07, 6.45) is -1.40. The van der Waals surface area contributed by atoms with Gasteiger partial charge < -0.3 is 19.1 Å². The zero-order valence-electron chi connectivity index (χ0n) is 8.29. The number of carbonyl (C=O) groups excluding carboxylic acids is 2. The molecular weight excluding hydrogens is 193 g/mol. The van der Waals surface area contributed by atoms with Crippen LogP contribution in [0.4, 0.5) is 9.18 Å². The van der Waals surface area contributed by atoms with E-state index in [1.54, 1.807) is 14.1 Å². The second-order valence-corrected chi connectivity index (χ2v) is 3.63. The van der Waals surface area contributed by atoms with Crippen LogP contribution < -0.4 is 5.11 Å². The molecule has 0 aromatic heterocycles. The number of nitrogens with zero attached hydrogens (tertiary/aromatic N) is 1. The molecule has 0 aliphatic heterocycles. The predicted molar refractivity (Wildman–Crippen MR) is 43.9 cm³/mol. The predicted octanol–water partition coefficient (Wildman–Crippen LogP) is -0.691. The molecule has 0 fully saturated rings. The molecule has 0 saturated carbocycles. The van der Waals surface area contributed by atoms with Crippen LogP contribution in [0.2, 0.25) is 0 Å². The average molecular weight is 207 g/mol. The minimum absolute atomic E-state index is 0.0376. The van der Waals surface area contributed by atoms with Gasteiger partial charge in [0, 0.05) is 6.42 Å². The normalized spacial score (nSPS) is 11.1. The number of carboxylic acid groups (broad SMARTS) is 1. The Morgan fingerprint density at radius 3 is 2.43 bits per heavy atom. The monoisotopic (exact) mass is 207 g/mol. The van der Waals surface area contributed by atoms with Crippen molar-refractivity contribution in [2.45, 2.75) is 6.42 Å². The number of quaternary nitrogens is 1. The second kappa shape index (κ2) is 5.54. The van der Waals surface area contributed by atoms with Crippen LogP contribution in [0.1, 0.15) is 6.42 Å². The molecule has 0 spiro atoms. The van der Waals surface area contributed by atoms with E-state index in [0.29, 0.717) is 13.0 Å². The first kappa shape index (κ1) is 12.8. The largest absolute Gasteiger partial charge is 0.544 e. The second-order valence-electron chi connectivity index (χ2n) is 3.63. The highest BCUT2D eigenvalue weighted by Gasteiger charge is 2.14. The first-order valence-corrected chi connectivity index (χ1v) is 4.17. The lowest BCUT2D eigenvalue weighted by Gasteiger charge is -2.29. The number of carbonyl (C=O) groups is 2. The van der Waals surface area contributed by atoms with E-state index >= 15 is 0 Å². The van der Waals surface area contributed by atoms with E-state index in [1.165, 1.54) is 0 Å². The summed E-state index contributed by atoms with van der Waals surface area (Å²) in [4.78, 5) is 20.0. The van der Waals surface area contributed by atoms with Gasteiger partial charge in [0.1, 0.15) is 6.54 Å². The SMILES string of the molecule is C[N+](C)(CCCOC(=O)F)CC(=O)[O-]. The standard InChI is InChI=1S/C8H14FNO4/c1-10(2,6-7(11)12)4-3-5-14-8(9)13/h3-6H2,1-2H3. The highest BCUT2D eigenvalue weighted by atomic mass is 19.1. The highest BCUT2D eigenvalue weighted by molar-refractivity contribution is 5.65. The summed E-state index contributed by atoms with van der Waals surface area (Å²) in [7, 11) is 3.40. The topological polar surface area (TPSA) is 66.4 Å². The summed E-state index contributed by atoms with van der Waals surface area (Å²) >= 11 is 0. The Hall–Kier alpha value is -1.17. The van der Waals surface area contributed by atoms with Crippen molar-refractivity contribution in [3.8, 4) is 0 Å². The van der Waals surface area contributed by atoms with Crippen molar-refractivity contribution < 1.29 is 28.3 Å². The van der Waals surface area contributed by atoms with Gasteiger partial charge >= 0.3 is 6.22 Å².